The van der Waals surface area contributed by atoms with Gasteiger partial charge < -0.3 is 49.8 Å². The number of carbonyl (C=O) groups excluding carboxylic acids is 2. The number of phosphoric acid groups is 2. The van der Waals surface area contributed by atoms with Crippen LogP contribution in [0.25, 0.3) is 0 Å². The molecular weight excluding hydrogens is 454 g/mol. The molecule has 2 atom stereocenters. The molecule has 182 valence electrons. The van der Waals surface area contributed by atoms with Crippen molar-refractivity contribution in [3.8, 4) is 0 Å². The smallest absolute Gasteiger partial charge is 0.388 e. The molecule has 0 aromatic carbocycles. The van der Waals surface area contributed by atoms with Crippen LogP contribution in [0.4, 0.5) is 0 Å². The molecule has 0 rings (SSSR count). The molecule has 0 fully saturated rings. The van der Waals surface area contributed by atoms with Gasteiger partial charge in [0.15, 0.2) is 11.6 Å². The van der Waals surface area contributed by atoms with Crippen molar-refractivity contribution in [3.05, 3.63) is 12.7 Å². The van der Waals surface area contributed by atoms with Gasteiger partial charge in [0.25, 0.3) is 0 Å². The van der Waals surface area contributed by atoms with Crippen LogP contribution in [0.2, 0.25) is 0 Å². The summed E-state index contributed by atoms with van der Waals surface area (Å²) in [4.78, 5) is 64.1. The molecule has 0 heterocycles. The Morgan fingerprint density at radius 3 is 1.43 bits per heavy atom. The highest BCUT2D eigenvalue weighted by atomic mass is 31.2. The van der Waals surface area contributed by atoms with E-state index < -0.39 is 52.6 Å². The first-order chi connectivity index (χ1) is 13.4. The summed E-state index contributed by atoms with van der Waals surface area (Å²) in [5, 5.41) is 34.3. The van der Waals surface area contributed by atoms with Crippen LogP contribution in [0.3, 0.4) is 0 Å². The minimum atomic E-state index is -4.64. The fraction of sp³-hybridized carbons (Fsp3) is 0.714. The van der Waals surface area contributed by atoms with Crippen molar-refractivity contribution in [2.24, 2.45) is 0 Å². The standard InChI is InChI=1S/C8H16O3.C6H10O3.2H3O4P/c1-2-3-4-5-7(10)8(11)6-9;1-2-3-5(8)6(9)4-7;2*1-5(2,3)4/h7,9-10H,2-6H2,1H3;2,5,7-8H,1,3-4H2;2*(H3,1,2,3,4). The summed E-state index contributed by atoms with van der Waals surface area (Å²) >= 11 is 0. The summed E-state index contributed by atoms with van der Waals surface area (Å²) < 4.78 is 17.8. The molecular formula is C14H32O14P2. The zero-order valence-electron chi connectivity index (χ0n) is 16.4. The SMILES string of the molecule is C=CCC(O)C(=O)CO.CCCCCC(O)C(=O)CO.O=P(O)(O)O.O=P(O)(O)O. The Balaban J connectivity index is -0.000000160. The summed E-state index contributed by atoms with van der Waals surface area (Å²) in [7, 11) is -9.28. The lowest BCUT2D eigenvalue weighted by molar-refractivity contribution is -0.130. The molecule has 14 nitrogen and oxygen atoms in total. The molecule has 0 radical (unpaired) electrons. The minimum absolute atomic E-state index is 0.208. The third kappa shape index (κ3) is 50.6. The molecule has 0 aromatic heterocycles. The molecule has 0 aromatic rings. The maximum Gasteiger partial charge on any atom is 0.466 e. The molecule has 0 aliphatic rings. The average Bonchev–Trinajstić information content (AvgIpc) is 2.58. The minimum Gasteiger partial charge on any atom is -0.388 e. The van der Waals surface area contributed by atoms with Gasteiger partial charge in [-0.25, -0.2) is 9.13 Å². The first kappa shape index (κ1) is 36.5. The van der Waals surface area contributed by atoms with Gasteiger partial charge >= 0.3 is 15.6 Å². The van der Waals surface area contributed by atoms with E-state index in [0.717, 1.165) is 19.3 Å². The molecule has 0 bridgehead atoms. The molecule has 16 heteroatoms. The van der Waals surface area contributed by atoms with E-state index in [4.69, 9.17) is 58.9 Å². The zero-order chi connectivity index (χ0) is 25.0. The van der Waals surface area contributed by atoms with Crippen molar-refractivity contribution in [2.75, 3.05) is 13.2 Å². The first-order valence-corrected chi connectivity index (χ1v) is 11.4. The number of aliphatic hydroxyl groups is 4. The van der Waals surface area contributed by atoms with Crippen molar-refractivity contribution in [1.29, 1.82) is 0 Å². The molecule has 0 aliphatic carbocycles. The largest absolute Gasteiger partial charge is 0.466 e. The number of hydrogen-bond donors (Lipinski definition) is 10. The monoisotopic (exact) mass is 486 g/mol. The molecule has 0 amide bonds. The van der Waals surface area contributed by atoms with Crippen LogP contribution >= 0.6 is 15.6 Å². The third-order valence-corrected chi connectivity index (χ3v) is 2.53. The van der Waals surface area contributed by atoms with Gasteiger partial charge in [0.2, 0.25) is 0 Å². The number of unbranched alkanes of at least 4 members (excludes halogenated alkanes) is 2. The summed E-state index contributed by atoms with van der Waals surface area (Å²) in [5.74, 6) is -1.03. The Labute approximate surface area is 173 Å². The molecule has 0 saturated heterocycles. The van der Waals surface area contributed by atoms with E-state index in [0.29, 0.717) is 6.42 Å². The van der Waals surface area contributed by atoms with Gasteiger partial charge in [-0.2, -0.15) is 0 Å². The quantitative estimate of drug-likeness (QED) is 0.0919. The Morgan fingerprint density at radius 2 is 1.17 bits per heavy atom. The lowest BCUT2D eigenvalue weighted by Crippen LogP contribution is -2.23. The highest BCUT2D eigenvalue weighted by molar-refractivity contribution is 7.45. The van der Waals surface area contributed by atoms with Crippen molar-refractivity contribution < 1.29 is 68.5 Å². The van der Waals surface area contributed by atoms with Crippen molar-refractivity contribution in [2.45, 2.75) is 51.2 Å². The van der Waals surface area contributed by atoms with E-state index >= 15 is 0 Å². The van der Waals surface area contributed by atoms with Crippen molar-refractivity contribution >= 4 is 27.2 Å². The van der Waals surface area contributed by atoms with Gasteiger partial charge in [0.1, 0.15) is 25.4 Å². The van der Waals surface area contributed by atoms with E-state index in [1.54, 1.807) is 0 Å². The predicted molar refractivity (Wildman–Crippen MR) is 104 cm³/mol. The summed E-state index contributed by atoms with van der Waals surface area (Å²) in [6.45, 7) is 4.23. The first-order valence-electron chi connectivity index (χ1n) is 8.25. The lowest BCUT2D eigenvalue weighted by atomic mass is 10.1. The van der Waals surface area contributed by atoms with E-state index in [2.05, 4.69) is 13.5 Å². The topological polar surface area (TPSA) is 271 Å². The van der Waals surface area contributed by atoms with Gasteiger partial charge in [-0.1, -0.05) is 32.3 Å². The second-order valence-electron chi connectivity index (χ2n) is 5.33. The number of carbonyl (C=O) groups is 2. The van der Waals surface area contributed by atoms with E-state index in [1.807, 2.05) is 0 Å². The third-order valence-electron chi connectivity index (χ3n) is 2.53. The van der Waals surface area contributed by atoms with Crippen LogP contribution in [0.15, 0.2) is 12.7 Å². The Kier molecular flexibility index (Phi) is 26.0. The van der Waals surface area contributed by atoms with E-state index in [-0.39, 0.29) is 6.42 Å². The Bertz CT molecular complexity index is 504. The molecule has 10 N–H and O–H groups in total. The van der Waals surface area contributed by atoms with Crippen LogP contribution in [0, 0.1) is 0 Å². The highest BCUT2D eigenvalue weighted by Crippen LogP contribution is 2.26. The zero-order valence-corrected chi connectivity index (χ0v) is 18.2. The van der Waals surface area contributed by atoms with Gasteiger partial charge in [-0.3, -0.25) is 9.59 Å². The number of rotatable bonds is 10. The second kappa shape index (κ2) is 21.4. The Morgan fingerprint density at radius 1 is 0.833 bits per heavy atom. The lowest BCUT2D eigenvalue weighted by Gasteiger charge is -2.05. The Hall–Kier alpha value is -0.860. The highest BCUT2D eigenvalue weighted by Gasteiger charge is 2.12. The normalized spacial score (nSPS) is 12.5. The maximum absolute atomic E-state index is 10.6. The molecule has 2 unspecified atom stereocenters. The molecule has 0 aliphatic heterocycles. The van der Waals surface area contributed by atoms with Crippen LogP contribution < -0.4 is 0 Å². The second-order valence-corrected chi connectivity index (χ2v) is 7.38. The summed E-state index contributed by atoms with van der Waals surface area (Å²) in [5.41, 5.74) is 0. The van der Waals surface area contributed by atoms with Crippen LogP contribution in [0.5, 0.6) is 0 Å². The summed E-state index contributed by atoms with van der Waals surface area (Å²) in [6, 6.07) is 0. The van der Waals surface area contributed by atoms with E-state index in [1.165, 1.54) is 6.08 Å². The van der Waals surface area contributed by atoms with Gasteiger partial charge in [0.05, 0.1) is 0 Å². The number of hydrogen-bond acceptors (Lipinski definition) is 8. The van der Waals surface area contributed by atoms with Gasteiger partial charge in [-0.05, 0) is 12.8 Å². The fourth-order valence-corrected chi connectivity index (χ4v) is 1.25. The average molecular weight is 486 g/mol. The number of aliphatic hydroxyl groups excluding tert-OH is 4. The maximum atomic E-state index is 10.6. The van der Waals surface area contributed by atoms with Crippen LogP contribution in [-0.2, 0) is 18.7 Å². The van der Waals surface area contributed by atoms with Crippen LogP contribution in [0.1, 0.15) is 39.0 Å². The van der Waals surface area contributed by atoms with Crippen molar-refractivity contribution in [1.82, 2.24) is 0 Å². The van der Waals surface area contributed by atoms with Gasteiger partial charge in [0, 0.05) is 0 Å². The van der Waals surface area contributed by atoms with Gasteiger partial charge in [-0.15, -0.1) is 6.58 Å². The summed E-state index contributed by atoms with van der Waals surface area (Å²) in [6.07, 6.45) is 3.03. The molecule has 0 spiro atoms. The molecule has 0 saturated carbocycles. The number of Topliss-reactive ketones (excluding diaryl/α,β-unsaturated/α-hetero) is 2. The fourth-order valence-electron chi connectivity index (χ4n) is 1.25. The van der Waals surface area contributed by atoms with Crippen molar-refractivity contribution in [3.63, 3.8) is 0 Å². The molecule has 30 heavy (non-hydrogen) atoms. The van der Waals surface area contributed by atoms with Crippen LogP contribution in [-0.4, -0.2) is 86.8 Å². The number of ketones is 2. The van der Waals surface area contributed by atoms with E-state index in [9.17, 15) is 9.59 Å². The predicted octanol–water partition coefficient (Wildman–Crippen LogP) is -1.88.